The van der Waals surface area contributed by atoms with Crippen molar-refractivity contribution >= 4 is 11.7 Å². The maximum Gasteiger partial charge on any atom is 0.230 e. The Morgan fingerprint density at radius 2 is 1.67 bits per heavy atom. The average Bonchev–Trinajstić information content (AvgIpc) is 2.85. The molecule has 0 bridgehead atoms. The van der Waals surface area contributed by atoms with Gasteiger partial charge in [0.25, 0.3) is 0 Å². The molecule has 0 spiro atoms. The van der Waals surface area contributed by atoms with Crippen molar-refractivity contribution in [2.75, 3.05) is 5.32 Å². The largest absolute Gasteiger partial charge is 0.392 e. The van der Waals surface area contributed by atoms with Gasteiger partial charge in [-0.05, 0) is 41.7 Å². The second kappa shape index (κ2) is 8.92. The van der Waals surface area contributed by atoms with Crippen molar-refractivity contribution in [3.8, 4) is 22.5 Å². The van der Waals surface area contributed by atoms with Gasteiger partial charge < -0.3 is 10.4 Å². The minimum Gasteiger partial charge on any atom is -0.392 e. The Morgan fingerprint density at radius 3 is 2.42 bits per heavy atom. The van der Waals surface area contributed by atoms with Crippen molar-refractivity contribution in [3.05, 3.63) is 101 Å². The molecule has 1 heterocycles. The summed E-state index contributed by atoms with van der Waals surface area (Å²) in [5.41, 5.74) is 6.81. The normalized spacial score (nSPS) is 12.1. The summed E-state index contributed by atoms with van der Waals surface area (Å²) in [7, 11) is 0. The number of benzene rings is 3. The third-order valence-electron chi connectivity index (χ3n) is 5.79. The SMILES string of the molecule is O=C(Cc1ccc(F)cc1)Nc1nc2c(nc1-c1ccccc1)-c1ccc(CO)cc1CC2. The van der Waals surface area contributed by atoms with Gasteiger partial charge in [0.05, 0.1) is 24.4 Å². The van der Waals surface area contributed by atoms with Crippen molar-refractivity contribution in [2.45, 2.75) is 25.9 Å². The van der Waals surface area contributed by atoms with Gasteiger partial charge in [-0.15, -0.1) is 0 Å². The number of aromatic nitrogens is 2. The Hall–Kier alpha value is -3.90. The molecular weight excluding hydrogens is 417 g/mol. The first-order chi connectivity index (χ1) is 16.1. The van der Waals surface area contributed by atoms with E-state index in [0.29, 0.717) is 17.9 Å². The zero-order chi connectivity index (χ0) is 22.8. The summed E-state index contributed by atoms with van der Waals surface area (Å²) in [5, 5.41) is 12.4. The molecular formula is C27H22FN3O2. The number of aliphatic hydroxyl groups is 1. The van der Waals surface area contributed by atoms with Gasteiger partial charge in [0.1, 0.15) is 11.5 Å². The van der Waals surface area contributed by atoms with Crippen LogP contribution in [0.2, 0.25) is 0 Å². The molecule has 5 rings (SSSR count). The van der Waals surface area contributed by atoms with Gasteiger partial charge in [-0.2, -0.15) is 0 Å². The quantitative estimate of drug-likeness (QED) is 0.472. The van der Waals surface area contributed by atoms with Crippen LogP contribution in [-0.4, -0.2) is 21.0 Å². The van der Waals surface area contributed by atoms with Crippen molar-refractivity contribution in [3.63, 3.8) is 0 Å². The molecule has 0 saturated heterocycles. The number of nitrogens with one attached hydrogen (secondary N) is 1. The Labute approximate surface area is 191 Å². The minimum atomic E-state index is -0.336. The van der Waals surface area contributed by atoms with E-state index in [1.165, 1.54) is 12.1 Å². The Kier molecular flexibility index (Phi) is 5.67. The molecule has 164 valence electrons. The van der Waals surface area contributed by atoms with Crippen LogP contribution in [0, 0.1) is 5.82 Å². The van der Waals surface area contributed by atoms with Crippen LogP contribution in [0.25, 0.3) is 22.5 Å². The van der Waals surface area contributed by atoms with E-state index in [9.17, 15) is 14.3 Å². The van der Waals surface area contributed by atoms with Crippen LogP contribution in [0.5, 0.6) is 0 Å². The lowest BCUT2D eigenvalue weighted by molar-refractivity contribution is -0.115. The molecule has 33 heavy (non-hydrogen) atoms. The first-order valence-electron chi connectivity index (χ1n) is 10.8. The summed E-state index contributed by atoms with van der Waals surface area (Å²) in [5.74, 6) is -0.156. The molecule has 4 aromatic rings. The minimum absolute atomic E-state index is 0.000105. The van der Waals surface area contributed by atoms with Crippen molar-refractivity contribution in [2.24, 2.45) is 0 Å². The lowest BCUT2D eigenvalue weighted by atomic mass is 9.90. The number of halogens is 1. The summed E-state index contributed by atoms with van der Waals surface area (Å²) >= 11 is 0. The molecule has 1 aliphatic carbocycles. The van der Waals surface area contributed by atoms with Crippen molar-refractivity contribution in [1.82, 2.24) is 9.97 Å². The molecule has 5 nitrogen and oxygen atoms in total. The van der Waals surface area contributed by atoms with E-state index in [2.05, 4.69) is 5.32 Å². The summed E-state index contributed by atoms with van der Waals surface area (Å²) in [6.07, 6.45) is 1.60. The predicted molar refractivity (Wildman–Crippen MR) is 125 cm³/mol. The van der Waals surface area contributed by atoms with Crippen molar-refractivity contribution in [1.29, 1.82) is 0 Å². The highest BCUT2D eigenvalue weighted by atomic mass is 19.1. The third-order valence-corrected chi connectivity index (χ3v) is 5.79. The molecule has 0 unspecified atom stereocenters. The molecule has 0 atom stereocenters. The summed E-state index contributed by atoms with van der Waals surface area (Å²) in [6.45, 7) is 0.000105. The second-order valence-electron chi connectivity index (χ2n) is 8.08. The van der Waals surface area contributed by atoms with Crippen LogP contribution in [-0.2, 0) is 30.7 Å². The molecule has 6 heteroatoms. The number of amides is 1. The van der Waals surface area contributed by atoms with Crippen LogP contribution in [0.15, 0.2) is 72.8 Å². The van der Waals surface area contributed by atoms with Crippen LogP contribution in [0.4, 0.5) is 10.2 Å². The number of carbonyl (C=O) groups excluding carboxylic acids is 1. The van der Waals surface area contributed by atoms with Gasteiger partial charge in [0, 0.05) is 11.1 Å². The van der Waals surface area contributed by atoms with Gasteiger partial charge in [-0.25, -0.2) is 14.4 Å². The maximum absolute atomic E-state index is 13.2. The molecule has 2 N–H and O–H groups in total. The second-order valence-corrected chi connectivity index (χ2v) is 8.08. The van der Waals surface area contributed by atoms with E-state index >= 15 is 0 Å². The Bertz CT molecular complexity index is 1320. The zero-order valence-electron chi connectivity index (χ0n) is 17.9. The van der Waals surface area contributed by atoms with Gasteiger partial charge in [0.2, 0.25) is 5.91 Å². The van der Waals surface area contributed by atoms with Crippen LogP contribution < -0.4 is 5.32 Å². The number of anilines is 1. The number of aliphatic hydroxyl groups excluding tert-OH is 1. The van der Waals surface area contributed by atoms with Crippen LogP contribution in [0.3, 0.4) is 0 Å². The van der Waals surface area contributed by atoms with Crippen LogP contribution in [0.1, 0.15) is 22.4 Å². The topological polar surface area (TPSA) is 75.1 Å². The smallest absolute Gasteiger partial charge is 0.230 e. The molecule has 3 aromatic carbocycles. The Morgan fingerprint density at radius 1 is 0.909 bits per heavy atom. The van der Waals surface area contributed by atoms with Gasteiger partial charge in [-0.1, -0.05) is 60.7 Å². The standard InChI is InChI=1S/C27H22FN3O2/c28-21-10-6-17(7-11-21)15-24(33)30-27-25(19-4-2-1-3-5-19)31-26-22-12-8-18(16-32)14-20(22)9-13-23(26)29-27/h1-8,10-12,14,32H,9,13,15-16H2,(H,29,30,33). The number of fused-ring (bicyclic) bond motifs is 3. The highest BCUT2D eigenvalue weighted by molar-refractivity contribution is 5.95. The highest BCUT2D eigenvalue weighted by Gasteiger charge is 2.23. The fourth-order valence-corrected chi connectivity index (χ4v) is 4.14. The Balaban J connectivity index is 1.53. The molecule has 0 fully saturated rings. The van der Waals surface area contributed by atoms with E-state index in [1.807, 2.05) is 48.5 Å². The average molecular weight is 439 g/mol. The number of aryl methyl sites for hydroxylation is 2. The fraction of sp³-hybridized carbons (Fsp3) is 0.148. The lowest BCUT2D eigenvalue weighted by Gasteiger charge is -2.21. The molecule has 0 saturated carbocycles. The molecule has 0 aliphatic heterocycles. The molecule has 1 aliphatic rings. The molecule has 0 radical (unpaired) electrons. The first kappa shape index (κ1) is 21.0. The van der Waals surface area contributed by atoms with Gasteiger partial charge in [0.15, 0.2) is 5.82 Å². The predicted octanol–water partition coefficient (Wildman–Crippen LogP) is 4.72. The van der Waals surface area contributed by atoms with Gasteiger partial charge in [-0.3, -0.25) is 4.79 Å². The van der Waals surface area contributed by atoms with E-state index in [0.717, 1.165) is 45.6 Å². The van der Waals surface area contributed by atoms with Crippen molar-refractivity contribution < 1.29 is 14.3 Å². The fourth-order valence-electron chi connectivity index (χ4n) is 4.14. The third kappa shape index (κ3) is 4.38. The van der Waals surface area contributed by atoms with Gasteiger partial charge >= 0.3 is 0 Å². The highest BCUT2D eigenvalue weighted by Crippen LogP contribution is 2.36. The van der Waals surface area contributed by atoms with E-state index in [-0.39, 0.29) is 24.8 Å². The summed E-state index contributed by atoms with van der Waals surface area (Å²) in [6, 6.07) is 21.4. The maximum atomic E-state index is 13.2. The van der Waals surface area contributed by atoms with E-state index in [4.69, 9.17) is 9.97 Å². The number of rotatable bonds is 5. The van der Waals surface area contributed by atoms with Crippen LogP contribution >= 0.6 is 0 Å². The molecule has 1 amide bonds. The van der Waals surface area contributed by atoms with E-state index in [1.54, 1.807) is 12.1 Å². The molecule has 1 aromatic heterocycles. The van der Waals surface area contributed by atoms with E-state index < -0.39 is 0 Å². The lowest BCUT2D eigenvalue weighted by Crippen LogP contribution is -2.19. The number of carbonyl (C=O) groups is 1. The zero-order valence-corrected chi connectivity index (χ0v) is 17.9. The number of hydrogen-bond acceptors (Lipinski definition) is 4. The summed E-state index contributed by atoms with van der Waals surface area (Å²) < 4.78 is 13.2. The summed E-state index contributed by atoms with van der Waals surface area (Å²) in [4.78, 5) is 22.6. The first-order valence-corrected chi connectivity index (χ1v) is 10.8. The monoisotopic (exact) mass is 439 g/mol. The number of nitrogens with zero attached hydrogens (tertiary/aromatic N) is 2. The number of hydrogen-bond donors (Lipinski definition) is 2.